The summed E-state index contributed by atoms with van der Waals surface area (Å²) in [4.78, 5) is 0. The first-order valence-electron chi connectivity index (χ1n) is 5.14. The second-order valence-corrected chi connectivity index (χ2v) is 4.75. The third-order valence-electron chi connectivity index (χ3n) is 3.60. The third-order valence-corrected chi connectivity index (χ3v) is 3.60. The summed E-state index contributed by atoms with van der Waals surface area (Å²) in [6.07, 6.45) is 2.31. The predicted molar refractivity (Wildman–Crippen MR) is 50.6 cm³/mol. The SMILES string of the molecule is CC(N[C@@H]1COC[C@H]1O)C1(C)CC1. The molecule has 0 aromatic carbocycles. The van der Waals surface area contributed by atoms with E-state index in [1.165, 1.54) is 12.8 Å². The zero-order valence-electron chi connectivity index (χ0n) is 8.42. The highest BCUT2D eigenvalue weighted by molar-refractivity contribution is 4.98. The number of aliphatic hydroxyl groups excluding tert-OH is 1. The second-order valence-electron chi connectivity index (χ2n) is 4.75. The van der Waals surface area contributed by atoms with E-state index in [0.29, 0.717) is 24.7 Å². The molecule has 13 heavy (non-hydrogen) atoms. The van der Waals surface area contributed by atoms with Crippen molar-refractivity contribution in [1.29, 1.82) is 0 Å². The Hall–Kier alpha value is -0.120. The molecule has 2 N–H and O–H groups in total. The summed E-state index contributed by atoms with van der Waals surface area (Å²) in [6.45, 7) is 5.65. The van der Waals surface area contributed by atoms with Crippen LogP contribution in [0.1, 0.15) is 26.7 Å². The van der Waals surface area contributed by atoms with Crippen LogP contribution in [-0.2, 0) is 4.74 Å². The number of rotatable bonds is 3. The van der Waals surface area contributed by atoms with Gasteiger partial charge in [0.2, 0.25) is 0 Å². The topological polar surface area (TPSA) is 41.5 Å². The molecule has 1 unspecified atom stereocenters. The van der Waals surface area contributed by atoms with E-state index in [9.17, 15) is 5.11 Å². The maximum absolute atomic E-state index is 9.54. The van der Waals surface area contributed by atoms with Crippen molar-refractivity contribution in [2.24, 2.45) is 5.41 Å². The predicted octanol–water partition coefficient (Wildman–Crippen LogP) is 0.524. The number of ether oxygens (including phenoxy) is 1. The Kier molecular flexibility index (Phi) is 2.34. The molecule has 76 valence electrons. The van der Waals surface area contributed by atoms with Gasteiger partial charge in [-0.3, -0.25) is 0 Å². The molecule has 2 aliphatic rings. The Balaban J connectivity index is 1.83. The number of hydrogen-bond acceptors (Lipinski definition) is 3. The zero-order valence-corrected chi connectivity index (χ0v) is 8.42. The fraction of sp³-hybridized carbons (Fsp3) is 1.00. The van der Waals surface area contributed by atoms with Crippen LogP contribution in [0, 0.1) is 5.41 Å². The van der Waals surface area contributed by atoms with Gasteiger partial charge < -0.3 is 15.2 Å². The molecule has 0 aromatic heterocycles. The number of aliphatic hydroxyl groups is 1. The van der Waals surface area contributed by atoms with Crippen molar-refractivity contribution < 1.29 is 9.84 Å². The van der Waals surface area contributed by atoms with Crippen LogP contribution < -0.4 is 5.32 Å². The van der Waals surface area contributed by atoms with Gasteiger partial charge in [-0.25, -0.2) is 0 Å². The van der Waals surface area contributed by atoms with Crippen molar-refractivity contribution in [3.63, 3.8) is 0 Å². The van der Waals surface area contributed by atoms with Gasteiger partial charge in [0.15, 0.2) is 0 Å². The van der Waals surface area contributed by atoms with Crippen molar-refractivity contribution in [2.75, 3.05) is 13.2 Å². The standard InChI is InChI=1S/C10H19NO2/c1-7(10(2)3-4-10)11-8-5-13-6-9(8)12/h7-9,11-12H,3-6H2,1-2H3/t7?,8-,9-/m1/s1. The molecule has 3 nitrogen and oxygen atoms in total. The Morgan fingerprint density at radius 1 is 1.46 bits per heavy atom. The van der Waals surface area contributed by atoms with Crippen LogP contribution in [0.25, 0.3) is 0 Å². The van der Waals surface area contributed by atoms with Crippen LogP contribution in [0.15, 0.2) is 0 Å². The number of nitrogens with one attached hydrogen (secondary N) is 1. The first-order valence-corrected chi connectivity index (χ1v) is 5.14. The van der Waals surface area contributed by atoms with E-state index in [4.69, 9.17) is 4.74 Å². The fourth-order valence-corrected chi connectivity index (χ4v) is 1.85. The summed E-state index contributed by atoms with van der Waals surface area (Å²) in [5.41, 5.74) is 0.475. The Bertz CT molecular complexity index is 191. The van der Waals surface area contributed by atoms with E-state index >= 15 is 0 Å². The average Bonchev–Trinajstić information content (AvgIpc) is 2.72. The summed E-state index contributed by atoms with van der Waals surface area (Å²) < 4.78 is 5.19. The molecule has 2 rings (SSSR count). The molecule has 1 saturated carbocycles. The molecule has 0 radical (unpaired) electrons. The van der Waals surface area contributed by atoms with Gasteiger partial charge in [0.05, 0.1) is 25.4 Å². The van der Waals surface area contributed by atoms with E-state index in [2.05, 4.69) is 19.2 Å². The quantitative estimate of drug-likeness (QED) is 0.673. The van der Waals surface area contributed by atoms with E-state index in [1.807, 2.05) is 0 Å². The highest BCUT2D eigenvalue weighted by Gasteiger charge is 2.44. The highest BCUT2D eigenvalue weighted by atomic mass is 16.5. The van der Waals surface area contributed by atoms with E-state index < -0.39 is 0 Å². The lowest BCUT2D eigenvalue weighted by Crippen LogP contribution is -2.46. The van der Waals surface area contributed by atoms with Gasteiger partial charge in [-0.05, 0) is 25.2 Å². The minimum Gasteiger partial charge on any atom is -0.389 e. The molecule has 0 spiro atoms. The lowest BCUT2D eigenvalue weighted by molar-refractivity contribution is 0.120. The largest absolute Gasteiger partial charge is 0.389 e. The van der Waals surface area contributed by atoms with E-state index in [-0.39, 0.29) is 12.1 Å². The molecule has 0 amide bonds. The monoisotopic (exact) mass is 185 g/mol. The van der Waals surface area contributed by atoms with Crippen LogP contribution in [0.4, 0.5) is 0 Å². The minimum atomic E-state index is -0.315. The van der Waals surface area contributed by atoms with Crippen LogP contribution in [-0.4, -0.2) is 36.5 Å². The molecule has 1 heterocycles. The Labute approximate surface area is 79.5 Å². The smallest absolute Gasteiger partial charge is 0.0948 e. The second kappa shape index (κ2) is 3.23. The molecule has 1 aliphatic carbocycles. The van der Waals surface area contributed by atoms with Gasteiger partial charge >= 0.3 is 0 Å². The average molecular weight is 185 g/mol. The van der Waals surface area contributed by atoms with Gasteiger partial charge in [-0.15, -0.1) is 0 Å². The lowest BCUT2D eigenvalue weighted by Gasteiger charge is -2.25. The molecule has 1 aliphatic heterocycles. The Morgan fingerprint density at radius 3 is 2.62 bits per heavy atom. The van der Waals surface area contributed by atoms with Crippen LogP contribution >= 0.6 is 0 Å². The normalized spacial score (nSPS) is 39.0. The first-order chi connectivity index (χ1) is 6.12. The zero-order chi connectivity index (χ0) is 9.47. The molecule has 2 fully saturated rings. The molecule has 0 bridgehead atoms. The molecule has 3 atom stereocenters. The lowest BCUT2D eigenvalue weighted by atomic mass is 9.99. The Morgan fingerprint density at radius 2 is 2.15 bits per heavy atom. The van der Waals surface area contributed by atoms with Gasteiger partial charge in [-0.1, -0.05) is 6.92 Å². The molecule has 1 saturated heterocycles. The van der Waals surface area contributed by atoms with Crippen LogP contribution in [0.2, 0.25) is 0 Å². The van der Waals surface area contributed by atoms with Crippen molar-refractivity contribution in [2.45, 2.75) is 44.9 Å². The summed E-state index contributed by atoms with van der Waals surface area (Å²) >= 11 is 0. The van der Waals surface area contributed by atoms with E-state index in [1.54, 1.807) is 0 Å². The highest BCUT2D eigenvalue weighted by Crippen LogP contribution is 2.48. The van der Waals surface area contributed by atoms with Gasteiger partial charge in [0.1, 0.15) is 0 Å². The van der Waals surface area contributed by atoms with Crippen molar-refractivity contribution in [3.8, 4) is 0 Å². The van der Waals surface area contributed by atoms with Crippen LogP contribution in [0.3, 0.4) is 0 Å². The molecular weight excluding hydrogens is 166 g/mol. The summed E-state index contributed by atoms with van der Waals surface area (Å²) in [5.74, 6) is 0. The van der Waals surface area contributed by atoms with Crippen molar-refractivity contribution in [3.05, 3.63) is 0 Å². The summed E-state index contributed by atoms with van der Waals surface area (Å²) in [7, 11) is 0. The third kappa shape index (κ3) is 1.87. The minimum absolute atomic E-state index is 0.146. The van der Waals surface area contributed by atoms with Gasteiger partial charge in [-0.2, -0.15) is 0 Å². The van der Waals surface area contributed by atoms with Crippen molar-refractivity contribution >= 4 is 0 Å². The van der Waals surface area contributed by atoms with Gasteiger partial charge in [0, 0.05) is 6.04 Å². The first kappa shape index (κ1) is 9.44. The molecule has 0 aromatic rings. The maximum Gasteiger partial charge on any atom is 0.0948 e. The maximum atomic E-state index is 9.54. The number of hydrogen-bond donors (Lipinski definition) is 2. The summed E-state index contributed by atoms with van der Waals surface area (Å²) in [5, 5.41) is 13.0. The molecular formula is C10H19NO2. The summed E-state index contributed by atoms with van der Waals surface area (Å²) in [6, 6.07) is 0.640. The van der Waals surface area contributed by atoms with Gasteiger partial charge in [0.25, 0.3) is 0 Å². The van der Waals surface area contributed by atoms with Crippen molar-refractivity contribution in [1.82, 2.24) is 5.32 Å². The van der Waals surface area contributed by atoms with Crippen LogP contribution in [0.5, 0.6) is 0 Å². The molecule has 3 heteroatoms. The fourth-order valence-electron chi connectivity index (χ4n) is 1.85. The van der Waals surface area contributed by atoms with E-state index in [0.717, 1.165) is 0 Å².